The third kappa shape index (κ3) is 3.96. The number of ketones is 1. The summed E-state index contributed by atoms with van der Waals surface area (Å²) in [5, 5.41) is 13.2. The Hall–Kier alpha value is -2.75. The van der Waals surface area contributed by atoms with Crippen LogP contribution in [0.5, 0.6) is 11.5 Å². The van der Waals surface area contributed by atoms with Crippen molar-refractivity contribution in [2.75, 3.05) is 19.0 Å². The predicted octanol–water partition coefficient (Wildman–Crippen LogP) is 5.07. The fraction of sp³-hybridized carbons (Fsp3) is 0.143. The summed E-state index contributed by atoms with van der Waals surface area (Å²) < 4.78 is 11.1. The number of carbonyl (C=O) groups excluding carboxylic acids is 1. The third-order valence-electron chi connectivity index (χ3n) is 4.37. The van der Waals surface area contributed by atoms with E-state index in [4.69, 9.17) is 14.5 Å². The van der Waals surface area contributed by atoms with Crippen LogP contribution < -0.4 is 9.47 Å². The van der Waals surface area contributed by atoms with Gasteiger partial charge in [-0.25, -0.2) is 4.98 Å². The van der Waals surface area contributed by atoms with Gasteiger partial charge in [0.15, 0.2) is 17.3 Å². The summed E-state index contributed by atoms with van der Waals surface area (Å²) in [6, 6.07) is 13.2. The Morgan fingerprint density at radius 2 is 1.67 bits per heavy atom. The monoisotopic (exact) mass is 453 g/mol. The minimum atomic E-state index is -0.0272. The van der Waals surface area contributed by atoms with E-state index in [0.29, 0.717) is 35.4 Å². The van der Waals surface area contributed by atoms with Crippen molar-refractivity contribution in [3.63, 3.8) is 0 Å². The van der Waals surface area contributed by atoms with Gasteiger partial charge in [-0.1, -0.05) is 23.9 Å². The van der Waals surface area contributed by atoms with Crippen LogP contribution in [0.15, 0.2) is 58.4 Å². The molecular formula is C21H15N3O3S3. The maximum Gasteiger partial charge on any atom is 0.210 e. The van der Waals surface area contributed by atoms with Gasteiger partial charge in [-0.2, -0.15) is 0 Å². The fourth-order valence-corrected chi connectivity index (χ4v) is 5.07. The van der Waals surface area contributed by atoms with Crippen molar-refractivity contribution >= 4 is 40.2 Å². The van der Waals surface area contributed by atoms with Gasteiger partial charge in [0.2, 0.25) is 5.16 Å². The van der Waals surface area contributed by atoms with Gasteiger partial charge in [-0.05, 0) is 41.1 Å². The normalized spacial score (nSPS) is 12.7. The van der Waals surface area contributed by atoms with Gasteiger partial charge < -0.3 is 9.47 Å². The highest BCUT2D eigenvalue weighted by Gasteiger charge is 2.18. The number of hydrogen-bond acceptors (Lipinski definition) is 9. The lowest BCUT2D eigenvalue weighted by molar-refractivity contribution is 0.102. The molecule has 0 N–H and O–H groups in total. The van der Waals surface area contributed by atoms with E-state index in [9.17, 15) is 4.79 Å². The molecule has 0 saturated heterocycles. The molecule has 3 aromatic heterocycles. The van der Waals surface area contributed by atoms with Crippen molar-refractivity contribution in [3.8, 4) is 32.6 Å². The van der Waals surface area contributed by atoms with E-state index < -0.39 is 0 Å². The standard InChI is InChI=1S/C21H15N3O3S3/c25-14(13-5-6-15-16(11-13)27-8-7-26-15)12-30-21-22-19(17-3-1-9-28-17)20(23-24-21)18-4-2-10-29-18/h1-6,9-11H,7-8,12H2. The SMILES string of the molecule is O=C(CSc1nnc(-c2cccs2)c(-c2cccs2)n1)c1ccc2c(c1)OCCO2. The van der Waals surface area contributed by atoms with Gasteiger partial charge in [-0.15, -0.1) is 32.9 Å². The summed E-state index contributed by atoms with van der Waals surface area (Å²) in [6.45, 7) is 1.01. The summed E-state index contributed by atoms with van der Waals surface area (Å²) in [6.07, 6.45) is 0. The fourth-order valence-electron chi connectivity index (χ4n) is 2.97. The zero-order valence-corrected chi connectivity index (χ0v) is 18.1. The topological polar surface area (TPSA) is 74.2 Å². The Kier molecular flexibility index (Phi) is 5.48. The summed E-state index contributed by atoms with van der Waals surface area (Å²) in [5.41, 5.74) is 2.13. The molecule has 1 aromatic carbocycles. The molecule has 4 heterocycles. The van der Waals surface area contributed by atoms with Crippen molar-refractivity contribution in [2.24, 2.45) is 0 Å². The highest BCUT2D eigenvalue weighted by molar-refractivity contribution is 7.99. The zero-order valence-electron chi connectivity index (χ0n) is 15.6. The molecule has 0 unspecified atom stereocenters. The maximum absolute atomic E-state index is 12.7. The van der Waals surface area contributed by atoms with Gasteiger partial charge >= 0.3 is 0 Å². The van der Waals surface area contributed by atoms with Crippen LogP contribution in [0.1, 0.15) is 10.4 Å². The maximum atomic E-state index is 12.7. The van der Waals surface area contributed by atoms with Gasteiger partial charge in [0, 0.05) is 5.56 Å². The lowest BCUT2D eigenvalue weighted by atomic mass is 10.1. The molecule has 6 nitrogen and oxygen atoms in total. The van der Waals surface area contributed by atoms with Crippen molar-refractivity contribution in [3.05, 3.63) is 58.8 Å². The molecule has 0 saturated carbocycles. The molecule has 150 valence electrons. The molecule has 30 heavy (non-hydrogen) atoms. The molecule has 0 spiro atoms. The van der Waals surface area contributed by atoms with Crippen LogP contribution in [0.3, 0.4) is 0 Å². The Morgan fingerprint density at radius 1 is 0.933 bits per heavy atom. The van der Waals surface area contributed by atoms with E-state index in [1.807, 2.05) is 35.0 Å². The molecule has 5 rings (SSSR count). The van der Waals surface area contributed by atoms with Crippen molar-refractivity contribution < 1.29 is 14.3 Å². The highest BCUT2D eigenvalue weighted by atomic mass is 32.2. The van der Waals surface area contributed by atoms with E-state index in [0.717, 1.165) is 21.1 Å². The van der Waals surface area contributed by atoms with E-state index in [2.05, 4.69) is 10.2 Å². The number of aromatic nitrogens is 3. The highest BCUT2D eigenvalue weighted by Crippen LogP contribution is 2.35. The van der Waals surface area contributed by atoms with Crippen LogP contribution in [0.4, 0.5) is 0 Å². The number of nitrogens with zero attached hydrogens (tertiary/aromatic N) is 3. The van der Waals surface area contributed by atoms with Gasteiger partial charge in [0.05, 0.1) is 15.5 Å². The number of fused-ring (bicyclic) bond motifs is 1. The first-order chi connectivity index (χ1) is 14.8. The van der Waals surface area contributed by atoms with E-state index in [-0.39, 0.29) is 11.5 Å². The smallest absolute Gasteiger partial charge is 0.210 e. The minimum absolute atomic E-state index is 0.0272. The van der Waals surface area contributed by atoms with E-state index in [1.54, 1.807) is 40.9 Å². The largest absolute Gasteiger partial charge is 0.486 e. The Balaban J connectivity index is 1.36. The predicted molar refractivity (Wildman–Crippen MR) is 119 cm³/mol. The average Bonchev–Trinajstić information content (AvgIpc) is 3.51. The second kappa shape index (κ2) is 8.55. The first kappa shape index (κ1) is 19.2. The van der Waals surface area contributed by atoms with Crippen LogP contribution in [-0.2, 0) is 0 Å². The molecule has 1 aliphatic heterocycles. The number of carbonyl (C=O) groups is 1. The number of ether oxygens (including phenoxy) is 2. The second-order valence-corrected chi connectivity index (χ2v) is 9.15. The number of thioether (sulfide) groups is 1. The molecule has 9 heteroatoms. The molecule has 0 aliphatic carbocycles. The van der Waals surface area contributed by atoms with Crippen molar-refractivity contribution in [2.45, 2.75) is 5.16 Å². The van der Waals surface area contributed by atoms with Gasteiger partial charge in [0.1, 0.15) is 24.6 Å². The second-order valence-electron chi connectivity index (χ2n) is 6.32. The number of hydrogen-bond donors (Lipinski definition) is 0. The van der Waals surface area contributed by atoms with Crippen molar-refractivity contribution in [1.82, 2.24) is 15.2 Å². The molecular weight excluding hydrogens is 438 g/mol. The van der Waals surface area contributed by atoms with E-state index in [1.165, 1.54) is 11.8 Å². The lowest BCUT2D eigenvalue weighted by Gasteiger charge is -2.18. The first-order valence-electron chi connectivity index (χ1n) is 9.16. The minimum Gasteiger partial charge on any atom is -0.486 e. The summed E-state index contributed by atoms with van der Waals surface area (Å²) in [5.74, 6) is 1.46. The average molecular weight is 454 g/mol. The molecule has 0 fully saturated rings. The van der Waals surface area contributed by atoms with Crippen LogP contribution >= 0.6 is 34.4 Å². The number of Topliss-reactive ketones (excluding diaryl/α,β-unsaturated/α-hetero) is 1. The first-order valence-corrected chi connectivity index (χ1v) is 11.9. The van der Waals surface area contributed by atoms with E-state index >= 15 is 0 Å². The number of thiophene rings is 2. The van der Waals surface area contributed by atoms with Crippen molar-refractivity contribution in [1.29, 1.82) is 0 Å². The quantitative estimate of drug-likeness (QED) is 0.298. The lowest BCUT2D eigenvalue weighted by Crippen LogP contribution is -2.16. The number of rotatable bonds is 6. The molecule has 0 amide bonds. The molecule has 4 aromatic rings. The Bertz CT molecular complexity index is 1180. The molecule has 1 aliphatic rings. The van der Waals surface area contributed by atoms with Gasteiger partial charge in [-0.3, -0.25) is 4.79 Å². The molecule has 0 bridgehead atoms. The summed E-state index contributed by atoms with van der Waals surface area (Å²) >= 11 is 4.48. The summed E-state index contributed by atoms with van der Waals surface area (Å²) in [7, 11) is 0. The van der Waals surface area contributed by atoms with Crippen LogP contribution in [0, 0.1) is 0 Å². The summed E-state index contributed by atoms with van der Waals surface area (Å²) in [4.78, 5) is 19.4. The Morgan fingerprint density at radius 3 is 2.40 bits per heavy atom. The molecule has 0 radical (unpaired) electrons. The zero-order chi connectivity index (χ0) is 20.3. The molecule has 0 atom stereocenters. The van der Waals surface area contributed by atoms with Gasteiger partial charge in [0.25, 0.3) is 0 Å². The third-order valence-corrected chi connectivity index (χ3v) is 6.96. The van der Waals surface area contributed by atoms with Crippen LogP contribution in [0.2, 0.25) is 0 Å². The number of benzene rings is 1. The van der Waals surface area contributed by atoms with Crippen LogP contribution in [-0.4, -0.2) is 39.9 Å². The van der Waals surface area contributed by atoms with Crippen LogP contribution in [0.25, 0.3) is 21.1 Å². The Labute approximate surface area is 184 Å².